The monoisotopic (exact) mass is 287 g/mol. The highest BCUT2D eigenvalue weighted by atomic mass is 16.2. The molecule has 0 unspecified atom stereocenters. The molecule has 1 aromatic carbocycles. The molecule has 0 radical (unpaired) electrons. The van der Waals surface area contributed by atoms with Crippen LogP contribution in [0.3, 0.4) is 0 Å². The van der Waals surface area contributed by atoms with Crippen LogP contribution in [0.1, 0.15) is 25.0 Å². The Morgan fingerprint density at radius 1 is 1.10 bits per heavy atom. The van der Waals surface area contributed by atoms with Crippen molar-refractivity contribution in [1.29, 1.82) is 0 Å². The van der Waals surface area contributed by atoms with Gasteiger partial charge in [0.2, 0.25) is 5.91 Å². The van der Waals surface area contributed by atoms with E-state index in [0.717, 1.165) is 45.7 Å². The lowest BCUT2D eigenvalue weighted by molar-refractivity contribution is -0.144. The average Bonchev–Trinajstić information content (AvgIpc) is 2.54. The number of nitrogens with zero attached hydrogens (tertiary/aromatic N) is 2. The third-order valence-corrected chi connectivity index (χ3v) is 4.85. The Balaban J connectivity index is 1.73. The van der Waals surface area contributed by atoms with Crippen molar-refractivity contribution in [3.05, 3.63) is 35.4 Å². The molecule has 0 atom stereocenters. The molecule has 4 heteroatoms. The Hall–Kier alpha value is -1.39. The van der Waals surface area contributed by atoms with E-state index in [2.05, 4.69) is 48.3 Å². The minimum absolute atomic E-state index is 0.263. The van der Waals surface area contributed by atoms with Crippen LogP contribution in [-0.2, 0) is 17.8 Å². The third-order valence-electron chi connectivity index (χ3n) is 4.85. The van der Waals surface area contributed by atoms with Crippen LogP contribution in [0.5, 0.6) is 0 Å². The molecule has 1 amide bonds. The van der Waals surface area contributed by atoms with Gasteiger partial charge in [-0.1, -0.05) is 24.3 Å². The van der Waals surface area contributed by atoms with Gasteiger partial charge in [-0.3, -0.25) is 9.69 Å². The normalized spacial score (nSPS) is 20.2. The van der Waals surface area contributed by atoms with Crippen molar-refractivity contribution >= 4 is 5.91 Å². The highest BCUT2D eigenvalue weighted by Gasteiger charge is 2.38. The summed E-state index contributed by atoms with van der Waals surface area (Å²) in [5.74, 6) is 0.263. The van der Waals surface area contributed by atoms with E-state index >= 15 is 0 Å². The fourth-order valence-corrected chi connectivity index (χ4v) is 3.42. The molecule has 1 aromatic rings. The Labute approximate surface area is 127 Å². The highest BCUT2D eigenvalue weighted by molar-refractivity contribution is 5.85. The van der Waals surface area contributed by atoms with E-state index in [1.165, 1.54) is 11.1 Å². The molecule has 0 spiro atoms. The van der Waals surface area contributed by atoms with Gasteiger partial charge >= 0.3 is 0 Å². The Morgan fingerprint density at radius 2 is 1.76 bits per heavy atom. The first-order valence-corrected chi connectivity index (χ1v) is 7.91. The summed E-state index contributed by atoms with van der Waals surface area (Å²) in [5.41, 5.74) is 2.28. The van der Waals surface area contributed by atoms with Crippen LogP contribution in [0, 0.1) is 0 Å². The van der Waals surface area contributed by atoms with Gasteiger partial charge in [-0.05, 0) is 31.4 Å². The summed E-state index contributed by atoms with van der Waals surface area (Å²) in [6, 6.07) is 8.47. The average molecular weight is 287 g/mol. The van der Waals surface area contributed by atoms with E-state index in [0.29, 0.717) is 0 Å². The van der Waals surface area contributed by atoms with Crippen molar-refractivity contribution in [1.82, 2.24) is 15.1 Å². The lowest BCUT2D eigenvalue weighted by atomic mass is 9.95. The van der Waals surface area contributed by atoms with Gasteiger partial charge < -0.3 is 10.2 Å². The maximum atomic E-state index is 13.0. The largest absolute Gasteiger partial charge is 0.336 e. The van der Waals surface area contributed by atoms with Gasteiger partial charge in [-0.25, -0.2) is 0 Å². The second kappa shape index (κ2) is 5.78. The van der Waals surface area contributed by atoms with Crippen LogP contribution in [0.25, 0.3) is 0 Å². The zero-order valence-corrected chi connectivity index (χ0v) is 13.1. The number of nitrogens with one attached hydrogen (secondary N) is 1. The molecule has 2 aliphatic rings. The van der Waals surface area contributed by atoms with E-state index < -0.39 is 5.54 Å². The first-order chi connectivity index (χ1) is 10.1. The Kier molecular flexibility index (Phi) is 4.00. The van der Waals surface area contributed by atoms with Gasteiger partial charge in [-0.2, -0.15) is 0 Å². The van der Waals surface area contributed by atoms with Crippen LogP contribution >= 0.6 is 0 Å². The van der Waals surface area contributed by atoms with Crippen LogP contribution < -0.4 is 5.32 Å². The maximum Gasteiger partial charge on any atom is 0.242 e. The van der Waals surface area contributed by atoms with Crippen LogP contribution in [-0.4, -0.2) is 54.0 Å². The highest BCUT2D eigenvalue weighted by Crippen LogP contribution is 2.24. The topological polar surface area (TPSA) is 35.6 Å². The Morgan fingerprint density at radius 3 is 2.48 bits per heavy atom. The van der Waals surface area contributed by atoms with Crippen LogP contribution in [0.2, 0.25) is 0 Å². The molecule has 1 N–H and O–H groups in total. The Bertz CT molecular complexity index is 521. The predicted octanol–water partition coefficient (Wildman–Crippen LogP) is 1.26. The zero-order chi connectivity index (χ0) is 14.9. The molecule has 3 rings (SSSR count). The van der Waals surface area contributed by atoms with Crippen LogP contribution in [0.4, 0.5) is 0 Å². The summed E-state index contributed by atoms with van der Waals surface area (Å²) < 4.78 is 0. The fourth-order valence-electron chi connectivity index (χ4n) is 3.42. The zero-order valence-electron chi connectivity index (χ0n) is 13.1. The van der Waals surface area contributed by atoms with Gasteiger partial charge in [0.05, 0.1) is 5.54 Å². The summed E-state index contributed by atoms with van der Waals surface area (Å²) in [4.78, 5) is 17.3. The van der Waals surface area contributed by atoms with Crippen molar-refractivity contribution in [2.75, 3.05) is 32.7 Å². The quantitative estimate of drug-likeness (QED) is 0.889. The lowest BCUT2D eigenvalue weighted by Gasteiger charge is -2.43. The first-order valence-electron chi connectivity index (χ1n) is 7.91. The predicted molar refractivity (Wildman–Crippen MR) is 84.1 cm³/mol. The van der Waals surface area contributed by atoms with Crippen LogP contribution in [0.15, 0.2) is 24.3 Å². The number of amides is 1. The lowest BCUT2D eigenvalue weighted by Crippen LogP contribution is -2.61. The number of benzene rings is 1. The number of fused-ring (bicyclic) bond motifs is 1. The van der Waals surface area contributed by atoms with E-state index in [1.807, 2.05) is 4.90 Å². The molecule has 21 heavy (non-hydrogen) atoms. The molecule has 114 valence electrons. The molecular formula is C17H25N3O. The van der Waals surface area contributed by atoms with Crippen molar-refractivity contribution in [2.45, 2.75) is 32.4 Å². The third kappa shape index (κ3) is 2.83. The van der Waals surface area contributed by atoms with Crippen molar-refractivity contribution in [3.63, 3.8) is 0 Å². The fraction of sp³-hybridized carbons (Fsp3) is 0.588. The van der Waals surface area contributed by atoms with Gasteiger partial charge in [0.15, 0.2) is 0 Å². The molecule has 4 nitrogen and oxygen atoms in total. The minimum atomic E-state index is -0.408. The smallest absolute Gasteiger partial charge is 0.242 e. The number of carbonyl (C=O) groups excluding carboxylic acids is 1. The number of hydrogen-bond acceptors (Lipinski definition) is 3. The molecule has 0 bridgehead atoms. The number of piperazine rings is 1. The SMILES string of the molecule is CC(C)(C(=O)N1CCc2ccccc2C1)N1CCNCC1. The number of rotatable bonds is 2. The molecule has 2 aliphatic heterocycles. The number of carbonyl (C=O) groups is 1. The van der Waals surface area contributed by atoms with Gasteiger partial charge in [-0.15, -0.1) is 0 Å². The molecule has 2 heterocycles. The van der Waals surface area contributed by atoms with Crippen molar-refractivity contribution in [3.8, 4) is 0 Å². The van der Waals surface area contributed by atoms with Gasteiger partial charge in [0, 0.05) is 39.3 Å². The van der Waals surface area contributed by atoms with Gasteiger partial charge in [0.25, 0.3) is 0 Å². The second-order valence-corrected chi connectivity index (χ2v) is 6.54. The standard InChI is InChI=1S/C17H25N3O/c1-17(2,20-11-8-18-9-12-20)16(21)19-10-7-14-5-3-4-6-15(14)13-19/h3-6,18H,7-13H2,1-2H3. The minimum Gasteiger partial charge on any atom is -0.336 e. The summed E-state index contributed by atoms with van der Waals surface area (Å²) in [5, 5.41) is 3.35. The molecular weight excluding hydrogens is 262 g/mol. The summed E-state index contributed by atoms with van der Waals surface area (Å²) in [6.45, 7) is 9.57. The first kappa shape index (κ1) is 14.5. The molecule has 0 aliphatic carbocycles. The molecule has 0 saturated carbocycles. The summed E-state index contributed by atoms with van der Waals surface area (Å²) >= 11 is 0. The van der Waals surface area contributed by atoms with E-state index in [4.69, 9.17) is 0 Å². The second-order valence-electron chi connectivity index (χ2n) is 6.54. The van der Waals surface area contributed by atoms with Crippen molar-refractivity contribution in [2.24, 2.45) is 0 Å². The summed E-state index contributed by atoms with van der Waals surface area (Å²) in [7, 11) is 0. The molecule has 1 fully saturated rings. The van der Waals surface area contributed by atoms with E-state index in [9.17, 15) is 4.79 Å². The molecule has 0 aromatic heterocycles. The van der Waals surface area contributed by atoms with E-state index in [1.54, 1.807) is 0 Å². The van der Waals surface area contributed by atoms with E-state index in [-0.39, 0.29) is 5.91 Å². The van der Waals surface area contributed by atoms with Crippen molar-refractivity contribution < 1.29 is 4.79 Å². The number of hydrogen-bond donors (Lipinski definition) is 1. The maximum absolute atomic E-state index is 13.0. The summed E-state index contributed by atoms with van der Waals surface area (Å²) in [6.07, 6.45) is 0.972. The van der Waals surface area contributed by atoms with Gasteiger partial charge in [0.1, 0.15) is 0 Å². The molecule has 1 saturated heterocycles.